The fourth-order valence-electron chi connectivity index (χ4n) is 7.04. The fourth-order valence-corrected chi connectivity index (χ4v) is 8.49. The highest BCUT2D eigenvalue weighted by molar-refractivity contribution is 9.12. The second-order valence-electron chi connectivity index (χ2n) is 13.1. The normalized spacial score (nSPS) is 20.2. The lowest BCUT2D eigenvalue weighted by Crippen LogP contribution is -2.32. The molecule has 3 aliphatic heterocycles. The van der Waals surface area contributed by atoms with Crippen molar-refractivity contribution < 1.29 is 9.13 Å². The summed E-state index contributed by atoms with van der Waals surface area (Å²) >= 11 is 8.16. The van der Waals surface area contributed by atoms with E-state index in [0.29, 0.717) is 0 Å². The molecule has 4 aromatic rings. The van der Waals surface area contributed by atoms with E-state index in [9.17, 15) is 0 Å². The number of pyridine rings is 2. The lowest BCUT2D eigenvalue weighted by atomic mass is 9.98. The Labute approximate surface area is 299 Å². The first-order chi connectivity index (χ1) is 23.2. The molecule has 0 aromatic carbocycles. The van der Waals surface area contributed by atoms with Crippen molar-refractivity contribution in [3.8, 4) is 0 Å². The smallest absolute Gasteiger partial charge is 0.168 e. The van der Waals surface area contributed by atoms with Crippen LogP contribution in [-0.2, 0) is 19.5 Å². The highest BCUT2D eigenvalue weighted by Crippen LogP contribution is 2.48. The first kappa shape index (κ1) is 32.7. The Bertz CT molecular complexity index is 2150. The molecule has 0 aliphatic carbocycles. The van der Waals surface area contributed by atoms with Crippen LogP contribution in [0.1, 0.15) is 66.0 Å². The minimum atomic E-state index is -0.622. The molecule has 48 heavy (non-hydrogen) atoms. The number of aryl methyl sites for hydroxylation is 3. The number of allylic oxidation sites excluding steroid dienone is 3. The largest absolute Gasteiger partial charge is 0.357 e. The van der Waals surface area contributed by atoms with E-state index in [-0.39, 0.29) is 4.83 Å². The highest BCUT2D eigenvalue weighted by Gasteiger charge is 2.40. The van der Waals surface area contributed by atoms with Crippen LogP contribution < -0.4 is 19.8 Å². The van der Waals surface area contributed by atoms with E-state index in [4.69, 9.17) is 9.98 Å². The summed E-state index contributed by atoms with van der Waals surface area (Å²) in [7, 11) is 0. The quantitative estimate of drug-likeness (QED) is 0.111. The molecule has 2 N–H and O–H groups in total. The van der Waals surface area contributed by atoms with Gasteiger partial charge in [-0.05, 0) is 104 Å². The number of aromatic amines is 2. The zero-order valence-electron chi connectivity index (χ0n) is 28.0. The number of rotatable bonds is 8. The minimum absolute atomic E-state index is 0.107. The number of aliphatic imine (C=N–C) groups is 2. The Kier molecular flexibility index (Phi) is 9.22. The van der Waals surface area contributed by atoms with Crippen molar-refractivity contribution in [3.05, 3.63) is 135 Å². The van der Waals surface area contributed by atoms with Crippen LogP contribution in [0.3, 0.4) is 0 Å². The van der Waals surface area contributed by atoms with Gasteiger partial charge in [0.15, 0.2) is 29.2 Å². The third-order valence-electron chi connectivity index (χ3n) is 9.73. The van der Waals surface area contributed by atoms with Crippen molar-refractivity contribution in [2.45, 2.75) is 75.7 Å². The summed E-state index contributed by atoms with van der Waals surface area (Å²) in [4.78, 5) is 18.0. The molecule has 0 spiro atoms. The van der Waals surface area contributed by atoms with Gasteiger partial charge in [-0.1, -0.05) is 44.0 Å². The number of fused-ring (bicyclic) bond motifs is 6. The maximum absolute atomic E-state index is 5.33. The van der Waals surface area contributed by atoms with Crippen LogP contribution >= 0.6 is 31.9 Å². The maximum atomic E-state index is 5.33. The Morgan fingerprint density at radius 3 is 2.17 bits per heavy atom. The monoisotopic (exact) mass is 764 g/mol. The summed E-state index contributed by atoms with van der Waals surface area (Å²) in [5, 5.41) is 2.11. The van der Waals surface area contributed by atoms with E-state index in [1.54, 1.807) is 0 Å². The van der Waals surface area contributed by atoms with E-state index >= 15 is 0 Å². The minimum Gasteiger partial charge on any atom is -0.357 e. The third-order valence-corrected chi connectivity index (χ3v) is 12.4. The summed E-state index contributed by atoms with van der Waals surface area (Å²) in [6, 6.07) is 14.7. The molecule has 0 saturated heterocycles. The SMILES string of the molecule is CC1=CC2(Br)N=C1C=c1cc(C)c([nH]1)=CC1=NC(=Cc3[nH]c(c(C)c3CCC[n+]3ccccc3)C2Br)C(CCC[n+]2ccccc2)=C1C. The van der Waals surface area contributed by atoms with Crippen molar-refractivity contribution in [2.24, 2.45) is 9.98 Å². The molecule has 4 aromatic heterocycles. The van der Waals surface area contributed by atoms with Crippen LogP contribution in [0.15, 0.2) is 106 Å². The number of nitrogens with zero attached hydrogens (tertiary/aromatic N) is 4. The van der Waals surface area contributed by atoms with Crippen molar-refractivity contribution in [2.75, 3.05) is 0 Å². The Hall–Kier alpha value is -3.88. The Balaban J connectivity index is 1.35. The van der Waals surface area contributed by atoms with Crippen molar-refractivity contribution in [1.82, 2.24) is 9.97 Å². The van der Waals surface area contributed by atoms with Crippen molar-refractivity contribution in [1.29, 1.82) is 0 Å². The predicted molar refractivity (Wildman–Crippen MR) is 203 cm³/mol. The summed E-state index contributed by atoms with van der Waals surface area (Å²) in [5.41, 5.74) is 12.8. The fraction of sp³-hybridized carbons (Fsp3) is 0.300. The summed E-state index contributed by atoms with van der Waals surface area (Å²) < 4.78 is 3.89. The number of hydrogen-bond acceptors (Lipinski definition) is 2. The maximum Gasteiger partial charge on any atom is 0.168 e. The molecule has 7 heterocycles. The molecule has 7 rings (SSSR count). The van der Waals surface area contributed by atoms with Gasteiger partial charge in [0.2, 0.25) is 0 Å². The van der Waals surface area contributed by atoms with Gasteiger partial charge >= 0.3 is 0 Å². The number of aromatic nitrogens is 4. The van der Waals surface area contributed by atoms with Gasteiger partial charge in [0.05, 0.1) is 21.9 Å². The topological polar surface area (TPSA) is 64.1 Å². The molecule has 8 bridgehead atoms. The van der Waals surface area contributed by atoms with Gasteiger partial charge in [0, 0.05) is 59.2 Å². The number of H-pyrrole nitrogens is 2. The van der Waals surface area contributed by atoms with Crippen molar-refractivity contribution >= 4 is 61.5 Å². The molecule has 6 nitrogen and oxygen atoms in total. The van der Waals surface area contributed by atoms with Gasteiger partial charge in [-0.2, -0.15) is 0 Å². The average Bonchev–Trinajstić information content (AvgIpc) is 3.77. The van der Waals surface area contributed by atoms with Crippen LogP contribution in [0.4, 0.5) is 0 Å². The second kappa shape index (κ2) is 13.6. The summed E-state index contributed by atoms with van der Waals surface area (Å²) in [5.74, 6) is 0. The molecule has 0 saturated carbocycles. The first-order valence-corrected chi connectivity index (χ1v) is 18.5. The highest BCUT2D eigenvalue weighted by atomic mass is 79.9. The molecular formula is C40H42Br2N6+2. The van der Waals surface area contributed by atoms with Crippen LogP contribution in [0.2, 0.25) is 0 Å². The number of nitrogens with one attached hydrogen (secondary N) is 2. The average molecular weight is 767 g/mol. The molecule has 8 heteroatoms. The van der Waals surface area contributed by atoms with Gasteiger partial charge in [0.25, 0.3) is 0 Å². The molecular weight excluding hydrogens is 724 g/mol. The Morgan fingerprint density at radius 1 is 0.812 bits per heavy atom. The van der Waals surface area contributed by atoms with Gasteiger partial charge < -0.3 is 9.97 Å². The van der Waals surface area contributed by atoms with Crippen LogP contribution in [0.5, 0.6) is 0 Å². The molecule has 3 aliphatic rings. The number of alkyl halides is 2. The van der Waals surface area contributed by atoms with Crippen LogP contribution in [-0.4, -0.2) is 25.8 Å². The van der Waals surface area contributed by atoms with Crippen LogP contribution in [0.25, 0.3) is 18.2 Å². The Morgan fingerprint density at radius 2 is 1.48 bits per heavy atom. The second-order valence-corrected chi connectivity index (χ2v) is 15.3. The molecule has 2 unspecified atom stereocenters. The summed E-state index contributed by atoms with van der Waals surface area (Å²) in [6.07, 6.45) is 21.4. The predicted octanol–water partition coefficient (Wildman–Crippen LogP) is 6.96. The molecule has 0 radical (unpaired) electrons. The van der Waals surface area contributed by atoms with Gasteiger partial charge in [-0.25, -0.2) is 14.1 Å². The molecule has 2 atom stereocenters. The number of hydrogen-bond donors (Lipinski definition) is 2. The van der Waals surface area contributed by atoms with Gasteiger partial charge in [0.1, 0.15) is 13.1 Å². The molecule has 0 fully saturated rings. The standard InChI is InChI=1S/C40H42Br2N6/c1-26-21-30-22-34-27(2)25-40(42,46-34)39(41)38-29(4)32(14-12-20-48-17-9-6-10-18-48)37(45-38)24-36-31(13-11-19-47-15-7-5-8-16-47)28(3)35(44-36)23-33(26)43-30/h5-10,15-18,21-25,39,43,45H,11-14,19-20H2,1-4H3/q+2. The lowest BCUT2D eigenvalue weighted by molar-refractivity contribution is -0.697. The lowest BCUT2D eigenvalue weighted by Gasteiger charge is -2.23. The third kappa shape index (κ3) is 6.57. The van der Waals surface area contributed by atoms with E-state index in [1.165, 1.54) is 27.8 Å². The molecule has 244 valence electrons. The van der Waals surface area contributed by atoms with E-state index in [1.807, 2.05) is 0 Å². The van der Waals surface area contributed by atoms with Crippen molar-refractivity contribution in [3.63, 3.8) is 0 Å². The molecule has 0 amide bonds. The van der Waals surface area contributed by atoms with E-state index in [2.05, 4.69) is 170 Å². The zero-order valence-corrected chi connectivity index (χ0v) is 31.2. The van der Waals surface area contributed by atoms with Gasteiger partial charge in [-0.3, -0.25) is 4.99 Å². The first-order valence-electron chi connectivity index (χ1n) is 16.8. The van der Waals surface area contributed by atoms with Gasteiger partial charge in [-0.15, -0.1) is 0 Å². The van der Waals surface area contributed by atoms with Crippen LogP contribution in [0, 0.1) is 13.8 Å². The van der Waals surface area contributed by atoms with E-state index in [0.717, 1.165) is 83.6 Å². The summed E-state index contributed by atoms with van der Waals surface area (Å²) in [6.45, 7) is 10.7. The number of halogens is 2. The zero-order chi connectivity index (χ0) is 33.4. The van der Waals surface area contributed by atoms with E-state index < -0.39 is 4.45 Å².